The minimum absolute atomic E-state index is 0.0266. The summed E-state index contributed by atoms with van der Waals surface area (Å²) < 4.78 is 0. The molecule has 1 aliphatic carbocycles. The highest BCUT2D eigenvalue weighted by atomic mass is 16.3. The van der Waals surface area contributed by atoms with E-state index in [2.05, 4.69) is 29.1 Å². The van der Waals surface area contributed by atoms with Crippen molar-refractivity contribution in [2.45, 2.75) is 56.7 Å². The molecule has 2 fully saturated rings. The normalized spacial score (nSPS) is 38.5. The fourth-order valence-corrected chi connectivity index (χ4v) is 3.94. The molecule has 0 aromatic rings. The van der Waals surface area contributed by atoms with Crippen LogP contribution in [0.3, 0.4) is 0 Å². The minimum atomic E-state index is -0.0266. The van der Waals surface area contributed by atoms with Crippen LogP contribution in [0.25, 0.3) is 0 Å². The molecule has 1 saturated carbocycles. The van der Waals surface area contributed by atoms with E-state index in [9.17, 15) is 5.11 Å². The van der Waals surface area contributed by atoms with Crippen molar-refractivity contribution in [3.05, 3.63) is 0 Å². The molecule has 3 atom stereocenters. The number of hydrogen-bond acceptors (Lipinski definition) is 4. The first kappa shape index (κ1) is 15.2. The third-order valence-corrected chi connectivity index (χ3v) is 5.30. The van der Waals surface area contributed by atoms with Crippen molar-refractivity contribution in [3.63, 3.8) is 0 Å². The van der Waals surface area contributed by atoms with Gasteiger partial charge in [0, 0.05) is 24.2 Å². The van der Waals surface area contributed by atoms with E-state index < -0.39 is 0 Å². The van der Waals surface area contributed by atoms with Crippen molar-refractivity contribution in [2.24, 2.45) is 0 Å². The van der Waals surface area contributed by atoms with Gasteiger partial charge in [0.15, 0.2) is 0 Å². The summed E-state index contributed by atoms with van der Waals surface area (Å²) in [4.78, 5) is 5.21. The Hall–Kier alpha value is -0.160. The van der Waals surface area contributed by atoms with E-state index in [0.29, 0.717) is 12.1 Å². The summed E-state index contributed by atoms with van der Waals surface area (Å²) in [6, 6.07) is 1.33. The first-order valence-electron chi connectivity index (χ1n) is 7.88. The van der Waals surface area contributed by atoms with Gasteiger partial charge in [-0.3, -0.25) is 4.90 Å². The Morgan fingerprint density at radius 3 is 2.74 bits per heavy atom. The maximum absolute atomic E-state index is 9.66. The lowest BCUT2D eigenvalue weighted by atomic mass is 9.98. The Morgan fingerprint density at radius 2 is 2.16 bits per heavy atom. The number of aliphatic hydroxyl groups excluding tert-OH is 1. The monoisotopic (exact) mass is 269 g/mol. The molecule has 0 spiro atoms. The number of rotatable bonds is 4. The Morgan fingerprint density at radius 1 is 1.37 bits per heavy atom. The maximum atomic E-state index is 9.66. The molecule has 19 heavy (non-hydrogen) atoms. The molecule has 1 saturated heterocycles. The molecule has 4 nitrogen and oxygen atoms in total. The fourth-order valence-electron chi connectivity index (χ4n) is 3.94. The highest BCUT2D eigenvalue weighted by Crippen LogP contribution is 2.34. The fraction of sp³-hybridized carbons (Fsp3) is 1.00. The summed E-state index contributed by atoms with van der Waals surface area (Å²) in [5.41, 5.74) is -0.0266. The molecule has 1 aliphatic heterocycles. The quantitative estimate of drug-likeness (QED) is 0.795. The van der Waals surface area contributed by atoms with Crippen molar-refractivity contribution in [2.75, 3.05) is 40.3 Å². The van der Waals surface area contributed by atoms with Crippen LogP contribution in [0.4, 0.5) is 0 Å². The van der Waals surface area contributed by atoms with Gasteiger partial charge in [-0.05, 0) is 59.3 Å². The van der Waals surface area contributed by atoms with Gasteiger partial charge in [-0.1, -0.05) is 6.92 Å². The van der Waals surface area contributed by atoms with E-state index in [-0.39, 0.29) is 12.1 Å². The molecule has 2 rings (SSSR count). The van der Waals surface area contributed by atoms with Gasteiger partial charge >= 0.3 is 0 Å². The largest absolute Gasteiger partial charge is 0.394 e. The molecule has 1 heterocycles. The van der Waals surface area contributed by atoms with E-state index in [4.69, 9.17) is 0 Å². The van der Waals surface area contributed by atoms with Crippen LogP contribution in [0.1, 0.15) is 39.0 Å². The Labute approximate surface area is 118 Å². The summed E-state index contributed by atoms with van der Waals surface area (Å²) >= 11 is 0. The van der Waals surface area contributed by atoms with Crippen LogP contribution < -0.4 is 5.32 Å². The zero-order valence-corrected chi connectivity index (χ0v) is 12.9. The van der Waals surface area contributed by atoms with Gasteiger partial charge in [0.25, 0.3) is 0 Å². The Bertz CT molecular complexity index is 281. The molecule has 4 heteroatoms. The lowest BCUT2D eigenvalue weighted by molar-refractivity contribution is 0.112. The number of likely N-dealkylation sites (N-methyl/N-ethyl adjacent to an activating group) is 2. The van der Waals surface area contributed by atoms with Crippen molar-refractivity contribution in [3.8, 4) is 0 Å². The summed E-state index contributed by atoms with van der Waals surface area (Å²) in [5, 5.41) is 13.0. The average molecular weight is 269 g/mol. The molecule has 0 amide bonds. The van der Waals surface area contributed by atoms with Crippen molar-refractivity contribution >= 4 is 0 Å². The van der Waals surface area contributed by atoms with E-state index in [0.717, 1.165) is 12.8 Å². The Kier molecular flexibility index (Phi) is 5.23. The molecule has 0 radical (unpaired) electrons. The van der Waals surface area contributed by atoms with Gasteiger partial charge in [-0.2, -0.15) is 0 Å². The lowest BCUT2D eigenvalue weighted by Gasteiger charge is -2.36. The molecular weight excluding hydrogens is 238 g/mol. The first-order chi connectivity index (χ1) is 9.14. The van der Waals surface area contributed by atoms with E-state index in [1.54, 1.807) is 0 Å². The smallest absolute Gasteiger partial charge is 0.0613 e. The predicted molar refractivity (Wildman–Crippen MR) is 79.4 cm³/mol. The molecule has 3 unspecified atom stereocenters. The third-order valence-electron chi connectivity index (χ3n) is 5.30. The highest BCUT2D eigenvalue weighted by Gasteiger charge is 2.41. The zero-order valence-electron chi connectivity index (χ0n) is 12.9. The topological polar surface area (TPSA) is 38.7 Å². The summed E-state index contributed by atoms with van der Waals surface area (Å²) in [6.45, 7) is 6.21. The van der Waals surface area contributed by atoms with Crippen LogP contribution in [0.15, 0.2) is 0 Å². The molecule has 2 aliphatic rings. The van der Waals surface area contributed by atoms with Crippen LogP contribution in [-0.2, 0) is 0 Å². The molecule has 0 bridgehead atoms. The first-order valence-corrected chi connectivity index (χ1v) is 7.88. The second-order valence-electron chi connectivity index (χ2n) is 6.50. The van der Waals surface area contributed by atoms with E-state index >= 15 is 0 Å². The summed E-state index contributed by atoms with van der Waals surface area (Å²) in [5.74, 6) is 0. The van der Waals surface area contributed by atoms with Crippen LogP contribution in [0.2, 0.25) is 0 Å². The zero-order chi connectivity index (χ0) is 13.9. The lowest BCUT2D eigenvalue weighted by Crippen LogP contribution is -2.49. The van der Waals surface area contributed by atoms with Crippen LogP contribution in [-0.4, -0.2) is 72.9 Å². The van der Waals surface area contributed by atoms with Gasteiger partial charge < -0.3 is 15.3 Å². The number of aliphatic hydroxyl groups is 1. The van der Waals surface area contributed by atoms with E-state index in [1.165, 1.54) is 38.9 Å². The summed E-state index contributed by atoms with van der Waals surface area (Å²) in [7, 11) is 4.23. The number of hydrogen-bond donors (Lipinski definition) is 2. The van der Waals surface area contributed by atoms with Gasteiger partial charge in [0.1, 0.15) is 0 Å². The second-order valence-corrected chi connectivity index (χ2v) is 6.50. The standard InChI is InChI=1S/C15H31N3O/c1-4-13-11-17(3)8-5-9-18(13)14-6-7-15(10-14,12-19)16-2/h13-14,16,19H,4-12H2,1-3H3. The van der Waals surface area contributed by atoms with Crippen LogP contribution in [0.5, 0.6) is 0 Å². The van der Waals surface area contributed by atoms with Gasteiger partial charge in [0.05, 0.1) is 6.61 Å². The molecule has 2 N–H and O–H groups in total. The van der Waals surface area contributed by atoms with Crippen molar-refractivity contribution in [1.29, 1.82) is 0 Å². The maximum Gasteiger partial charge on any atom is 0.0613 e. The molecule has 0 aromatic carbocycles. The number of nitrogens with zero attached hydrogens (tertiary/aromatic N) is 2. The molecular formula is C15H31N3O. The van der Waals surface area contributed by atoms with E-state index in [1.807, 2.05) is 7.05 Å². The van der Waals surface area contributed by atoms with Crippen LogP contribution in [0, 0.1) is 0 Å². The van der Waals surface area contributed by atoms with Gasteiger partial charge in [-0.15, -0.1) is 0 Å². The second kappa shape index (κ2) is 6.53. The number of nitrogens with one attached hydrogen (secondary N) is 1. The predicted octanol–water partition coefficient (Wildman–Crippen LogP) is 0.906. The average Bonchev–Trinajstić information content (AvgIpc) is 2.77. The summed E-state index contributed by atoms with van der Waals surface area (Å²) in [6.07, 6.45) is 5.93. The van der Waals surface area contributed by atoms with Gasteiger partial charge in [-0.25, -0.2) is 0 Å². The Balaban J connectivity index is 2.03. The van der Waals surface area contributed by atoms with Gasteiger partial charge in [0.2, 0.25) is 0 Å². The molecule has 112 valence electrons. The molecule has 0 aromatic heterocycles. The van der Waals surface area contributed by atoms with Crippen molar-refractivity contribution < 1.29 is 5.11 Å². The van der Waals surface area contributed by atoms with Crippen molar-refractivity contribution in [1.82, 2.24) is 15.1 Å². The highest BCUT2D eigenvalue weighted by molar-refractivity contribution is 5.00. The minimum Gasteiger partial charge on any atom is -0.394 e. The van der Waals surface area contributed by atoms with Crippen LogP contribution >= 0.6 is 0 Å². The third kappa shape index (κ3) is 3.30. The SMILES string of the molecule is CCC1CN(C)CCCN1C1CCC(CO)(NC)C1.